The lowest BCUT2D eigenvalue weighted by Crippen LogP contribution is -2.38. The molecule has 0 fully saturated rings. The number of anilines is 1. The second-order valence-electron chi connectivity index (χ2n) is 7.18. The molecule has 0 radical (unpaired) electrons. The first-order chi connectivity index (χ1) is 14.6. The lowest BCUT2D eigenvalue weighted by Gasteiger charge is -2.31. The molecule has 1 heterocycles. The summed E-state index contributed by atoms with van der Waals surface area (Å²) >= 11 is 0. The average molecular weight is 420 g/mol. The van der Waals surface area contributed by atoms with Crippen LogP contribution in [0.5, 0.6) is 5.75 Å². The first-order valence-corrected chi connectivity index (χ1v) is 10.6. The van der Waals surface area contributed by atoms with Crippen molar-refractivity contribution in [2.24, 2.45) is 0 Å². The smallest absolute Gasteiger partial charge is 0.355 e. The van der Waals surface area contributed by atoms with E-state index in [1.54, 1.807) is 4.90 Å². The third-order valence-electron chi connectivity index (χ3n) is 5.00. The summed E-state index contributed by atoms with van der Waals surface area (Å²) < 4.78 is 21.0. The predicted molar refractivity (Wildman–Crippen MR) is 114 cm³/mol. The zero-order valence-corrected chi connectivity index (χ0v) is 18.3. The van der Waals surface area contributed by atoms with Crippen LogP contribution in [0.2, 0.25) is 0 Å². The molecule has 7 nitrogen and oxygen atoms in total. The van der Waals surface area contributed by atoms with Gasteiger partial charge in [-0.3, -0.25) is 0 Å². The number of hydrogen-bond donors (Lipinski definition) is 0. The molecule has 0 aromatic heterocycles. The third kappa shape index (κ3) is 6.76. The first-order valence-electron chi connectivity index (χ1n) is 10.6. The minimum atomic E-state index is -0.616. The van der Waals surface area contributed by atoms with Crippen LogP contribution in [-0.2, 0) is 23.8 Å². The van der Waals surface area contributed by atoms with E-state index < -0.39 is 11.9 Å². The summed E-state index contributed by atoms with van der Waals surface area (Å²) in [5.41, 5.74) is 0.960. The Morgan fingerprint density at radius 3 is 2.20 bits per heavy atom. The van der Waals surface area contributed by atoms with Crippen molar-refractivity contribution < 1.29 is 28.5 Å². The average Bonchev–Trinajstić information content (AvgIpc) is 2.79. The Hall–Kier alpha value is -2.54. The van der Waals surface area contributed by atoms with Gasteiger partial charge < -0.3 is 23.8 Å². The number of methoxy groups -OCH3 is 2. The molecule has 2 rings (SSSR count). The van der Waals surface area contributed by atoms with Crippen molar-refractivity contribution >= 4 is 17.6 Å². The van der Waals surface area contributed by atoms with E-state index in [-0.39, 0.29) is 24.6 Å². The van der Waals surface area contributed by atoms with Gasteiger partial charge in [-0.2, -0.15) is 0 Å². The van der Waals surface area contributed by atoms with Gasteiger partial charge in [-0.25, -0.2) is 9.59 Å². The molecule has 1 aliphatic heterocycles. The number of ether oxygens (including phenoxy) is 4. The van der Waals surface area contributed by atoms with Gasteiger partial charge in [0.15, 0.2) is 0 Å². The molecule has 1 aromatic carbocycles. The number of nitrogens with zero attached hydrogens (tertiary/aromatic N) is 1. The van der Waals surface area contributed by atoms with Crippen molar-refractivity contribution in [3.63, 3.8) is 0 Å². The molecule has 0 amide bonds. The SMILES string of the molecule is CCCCCCCCCOc1ccc(N2COCC(C(=O)OC)=C2C(=O)OC)cc1. The van der Waals surface area contributed by atoms with Gasteiger partial charge in [0.05, 0.1) is 33.0 Å². The fourth-order valence-electron chi connectivity index (χ4n) is 3.32. The zero-order chi connectivity index (χ0) is 21.8. The maximum absolute atomic E-state index is 12.3. The van der Waals surface area contributed by atoms with Crippen LogP contribution in [0.3, 0.4) is 0 Å². The van der Waals surface area contributed by atoms with Crippen molar-refractivity contribution in [1.82, 2.24) is 0 Å². The first kappa shape index (κ1) is 23.7. The number of unbranched alkanes of at least 4 members (excludes halogenated alkanes) is 6. The second kappa shape index (κ2) is 12.9. The van der Waals surface area contributed by atoms with Crippen molar-refractivity contribution in [2.75, 3.05) is 39.1 Å². The van der Waals surface area contributed by atoms with Gasteiger partial charge in [0.25, 0.3) is 0 Å². The normalized spacial score (nSPS) is 13.9. The molecule has 0 aliphatic carbocycles. The third-order valence-corrected chi connectivity index (χ3v) is 5.00. The number of rotatable bonds is 12. The molecule has 0 saturated heterocycles. The highest BCUT2D eigenvalue weighted by molar-refractivity contribution is 6.03. The fraction of sp³-hybridized carbons (Fsp3) is 0.565. The summed E-state index contributed by atoms with van der Waals surface area (Å²) in [4.78, 5) is 26.0. The topological polar surface area (TPSA) is 74.3 Å². The Bertz CT molecular complexity index is 713. The van der Waals surface area contributed by atoms with Gasteiger partial charge in [0.1, 0.15) is 18.2 Å². The number of benzene rings is 1. The molecule has 1 aliphatic rings. The van der Waals surface area contributed by atoms with E-state index in [9.17, 15) is 9.59 Å². The second-order valence-corrected chi connectivity index (χ2v) is 7.18. The molecule has 7 heteroatoms. The summed E-state index contributed by atoms with van der Waals surface area (Å²) in [5.74, 6) is -0.466. The summed E-state index contributed by atoms with van der Waals surface area (Å²) in [6.45, 7) is 3.03. The van der Waals surface area contributed by atoms with Gasteiger partial charge in [-0.15, -0.1) is 0 Å². The number of carbonyl (C=O) groups excluding carboxylic acids is 2. The van der Waals surface area contributed by atoms with Gasteiger partial charge >= 0.3 is 11.9 Å². The van der Waals surface area contributed by atoms with Crippen LogP contribution in [0, 0.1) is 0 Å². The van der Waals surface area contributed by atoms with Crippen molar-refractivity contribution in [3.8, 4) is 5.75 Å². The standard InChI is InChI=1S/C23H33NO6/c1-4-5-6-7-8-9-10-15-30-19-13-11-18(12-14-19)24-17-29-16-20(22(25)27-2)21(24)23(26)28-3/h11-14H,4-10,15-17H2,1-3H3. The highest BCUT2D eigenvalue weighted by atomic mass is 16.5. The predicted octanol–water partition coefficient (Wildman–Crippen LogP) is 4.21. The van der Waals surface area contributed by atoms with E-state index in [0.717, 1.165) is 12.2 Å². The van der Waals surface area contributed by atoms with Crippen LogP contribution >= 0.6 is 0 Å². The molecule has 0 N–H and O–H groups in total. The van der Waals surface area contributed by atoms with E-state index in [1.807, 2.05) is 24.3 Å². The molecule has 166 valence electrons. The minimum Gasteiger partial charge on any atom is -0.494 e. The molecule has 1 aromatic rings. The maximum atomic E-state index is 12.3. The van der Waals surface area contributed by atoms with E-state index in [1.165, 1.54) is 52.7 Å². The summed E-state index contributed by atoms with van der Waals surface area (Å²) in [5, 5.41) is 0. The molecule has 0 unspecified atom stereocenters. The minimum absolute atomic E-state index is 0.00670. The Labute approximate surface area is 178 Å². The molecule has 0 bridgehead atoms. The Morgan fingerprint density at radius 2 is 1.57 bits per heavy atom. The van der Waals surface area contributed by atoms with Gasteiger partial charge in [-0.05, 0) is 30.7 Å². The maximum Gasteiger partial charge on any atom is 0.355 e. The number of hydrogen-bond acceptors (Lipinski definition) is 7. The van der Waals surface area contributed by atoms with Crippen LogP contribution in [0.4, 0.5) is 5.69 Å². The Morgan fingerprint density at radius 1 is 0.933 bits per heavy atom. The summed E-state index contributed by atoms with van der Waals surface area (Å²) in [6, 6.07) is 7.34. The highest BCUT2D eigenvalue weighted by Gasteiger charge is 2.32. The fourth-order valence-corrected chi connectivity index (χ4v) is 3.32. The van der Waals surface area contributed by atoms with Gasteiger partial charge in [0, 0.05) is 5.69 Å². The zero-order valence-electron chi connectivity index (χ0n) is 18.3. The highest BCUT2D eigenvalue weighted by Crippen LogP contribution is 2.28. The van der Waals surface area contributed by atoms with E-state index in [0.29, 0.717) is 12.3 Å². The lowest BCUT2D eigenvalue weighted by atomic mass is 10.1. The van der Waals surface area contributed by atoms with Gasteiger partial charge in [-0.1, -0.05) is 45.4 Å². The Balaban J connectivity index is 1.95. The van der Waals surface area contributed by atoms with Gasteiger partial charge in [0.2, 0.25) is 0 Å². The van der Waals surface area contributed by atoms with Crippen LogP contribution in [0.1, 0.15) is 51.9 Å². The number of carbonyl (C=O) groups is 2. The van der Waals surface area contributed by atoms with Crippen LogP contribution in [0.25, 0.3) is 0 Å². The van der Waals surface area contributed by atoms with Crippen LogP contribution < -0.4 is 9.64 Å². The van der Waals surface area contributed by atoms with Crippen LogP contribution in [0.15, 0.2) is 35.5 Å². The van der Waals surface area contributed by atoms with Crippen LogP contribution in [-0.4, -0.2) is 46.1 Å². The summed E-state index contributed by atoms with van der Waals surface area (Å²) in [6.07, 6.45) is 8.66. The van der Waals surface area contributed by atoms with Crippen molar-refractivity contribution in [1.29, 1.82) is 0 Å². The molecule has 0 spiro atoms. The quantitative estimate of drug-likeness (QED) is 0.371. The molecular formula is C23H33NO6. The monoisotopic (exact) mass is 419 g/mol. The summed E-state index contributed by atoms with van der Waals surface area (Å²) in [7, 11) is 2.54. The van der Waals surface area contributed by atoms with E-state index in [2.05, 4.69) is 6.92 Å². The number of esters is 2. The van der Waals surface area contributed by atoms with Crippen molar-refractivity contribution in [2.45, 2.75) is 51.9 Å². The molecular weight excluding hydrogens is 386 g/mol. The largest absolute Gasteiger partial charge is 0.494 e. The Kier molecular flexibility index (Phi) is 10.2. The van der Waals surface area contributed by atoms with Crippen molar-refractivity contribution in [3.05, 3.63) is 35.5 Å². The molecule has 30 heavy (non-hydrogen) atoms. The van der Waals surface area contributed by atoms with E-state index >= 15 is 0 Å². The lowest BCUT2D eigenvalue weighted by molar-refractivity contribution is -0.140. The van der Waals surface area contributed by atoms with E-state index in [4.69, 9.17) is 18.9 Å². The molecule has 0 saturated carbocycles. The molecule has 0 atom stereocenters.